The van der Waals surface area contributed by atoms with Gasteiger partial charge in [-0.1, -0.05) is 0 Å². The average molecular weight is 423 g/mol. The van der Waals surface area contributed by atoms with Gasteiger partial charge in [-0.05, 0) is 24.3 Å². The van der Waals surface area contributed by atoms with E-state index in [2.05, 4.69) is 15.4 Å². The molecule has 2 amide bonds. The first-order valence-electron chi connectivity index (χ1n) is 9.03. The highest BCUT2D eigenvalue weighted by atomic mass is 32.2. The third kappa shape index (κ3) is 3.65. The van der Waals surface area contributed by atoms with Crippen LogP contribution in [-0.4, -0.2) is 53.7 Å². The second kappa shape index (κ2) is 8.00. The molecule has 2 aromatic heterocycles. The lowest BCUT2D eigenvalue weighted by Gasteiger charge is -2.23. The van der Waals surface area contributed by atoms with E-state index in [4.69, 9.17) is 5.26 Å². The molecule has 4 rings (SSSR count). The summed E-state index contributed by atoms with van der Waals surface area (Å²) >= 11 is 1.47. The van der Waals surface area contributed by atoms with Crippen molar-refractivity contribution in [3.63, 3.8) is 0 Å². The van der Waals surface area contributed by atoms with Crippen molar-refractivity contribution < 1.29 is 9.59 Å². The quantitative estimate of drug-likeness (QED) is 0.649. The molecule has 0 saturated carbocycles. The zero-order valence-electron chi connectivity index (χ0n) is 16.0. The van der Waals surface area contributed by atoms with Gasteiger partial charge >= 0.3 is 0 Å². The average Bonchev–Trinajstić information content (AvgIpc) is 3.38. The monoisotopic (exact) mass is 423 g/mol. The molecule has 0 bridgehead atoms. The first kappa shape index (κ1) is 19.7. The lowest BCUT2D eigenvalue weighted by Crippen LogP contribution is -2.46. The van der Waals surface area contributed by atoms with Gasteiger partial charge in [0.05, 0.1) is 23.7 Å². The molecule has 152 valence electrons. The summed E-state index contributed by atoms with van der Waals surface area (Å²) in [6.45, 7) is -0.210. The Morgan fingerprint density at radius 3 is 2.83 bits per heavy atom. The van der Waals surface area contributed by atoms with Crippen LogP contribution in [0.1, 0.15) is 5.56 Å². The van der Waals surface area contributed by atoms with Gasteiger partial charge in [-0.2, -0.15) is 10.4 Å². The normalized spacial score (nSPS) is 15.9. The highest BCUT2D eigenvalue weighted by Crippen LogP contribution is 2.23. The minimum Gasteiger partial charge on any atom is -0.324 e. The first-order valence-corrected chi connectivity index (χ1v) is 10.2. The van der Waals surface area contributed by atoms with Crippen molar-refractivity contribution >= 4 is 40.3 Å². The van der Waals surface area contributed by atoms with Gasteiger partial charge in [0.25, 0.3) is 5.56 Å². The molecular weight excluding hydrogens is 406 g/mol. The van der Waals surface area contributed by atoms with Crippen LogP contribution in [0, 0.1) is 11.3 Å². The van der Waals surface area contributed by atoms with E-state index in [9.17, 15) is 14.4 Å². The van der Waals surface area contributed by atoms with Crippen LogP contribution in [0.25, 0.3) is 11.0 Å². The zero-order chi connectivity index (χ0) is 21.3. The number of hydrogen-bond donors (Lipinski definition) is 1. The van der Waals surface area contributed by atoms with E-state index < -0.39 is 6.04 Å². The molecule has 3 heterocycles. The molecule has 1 N–H and O–H groups in total. The number of benzene rings is 1. The Balaban J connectivity index is 1.48. The lowest BCUT2D eigenvalue weighted by molar-refractivity contribution is -0.136. The fourth-order valence-electron chi connectivity index (χ4n) is 3.18. The summed E-state index contributed by atoms with van der Waals surface area (Å²) in [5.74, 6) is 0.169. The number of hydrogen-bond acceptors (Lipinski definition) is 7. The smallest absolute Gasteiger partial charge is 0.264 e. The molecule has 30 heavy (non-hydrogen) atoms. The van der Waals surface area contributed by atoms with E-state index in [0.717, 1.165) is 0 Å². The maximum absolute atomic E-state index is 12.8. The molecule has 3 aromatic rings. The molecule has 0 radical (unpaired) electrons. The predicted octanol–water partition coefficient (Wildman–Crippen LogP) is 0.542. The molecule has 1 saturated heterocycles. The Morgan fingerprint density at radius 2 is 2.10 bits per heavy atom. The maximum atomic E-state index is 12.8. The number of nitrogens with one attached hydrogen (secondary N) is 1. The van der Waals surface area contributed by atoms with E-state index in [-0.39, 0.29) is 23.9 Å². The van der Waals surface area contributed by atoms with Gasteiger partial charge in [-0.3, -0.25) is 23.6 Å². The maximum Gasteiger partial charge on any atom is 0.264 e. The zero-order valence-corrected chi connectivity index (χ0v) is 16.8. The van der Waals surface area contributed by atoms with Gasteiger partial charge in [0.2, 0.25) is 11.8 Å². The number of fused-ring (bicyclic) bond motifs is 1. The summed E-state index contributed by atoms with van der Waals surface area (Å²) in [6.07, 6.45) is 2.74. The number of thioether (sulfide) groups is 1. The Morgan fingerprint density at radius 1 is 1.33 bits per heavy atom. The molecule has 10 nitrogen and oxygen atoms in total. The molecular formula is C19H17N7O3S. The number of nitriles is 1. The molecule has 0 aliphatic carbocycles. The van der Waals surface area contributed by atoms with E-state index in [1.165, 1.54) is 38.4 Å². The van der Waals surface area contributed by atoms with Crippen molar-refractivity contribution in [2.24, 2.45) is 7.05 Å². The van der Waals surface area contributed by atoms with Crippen molar-refractivity contribution in [3.8, 4) is 6.07 Å². The highest BCUT2D eigenvalue weighted by Gasteiger charge is 2.34. The van der Waals surface area contributed by atoms with Crippen LogP contribution in [0.15, 0.2) is 41.6 Å². The number of anilines is 1. The summed E-state index contributed by atoms with van der Waals surface area (Å²) in [7, 11) is 1.68. The van der Waals surface area contributed by atoms with Gasteiger partial charge in [0, 0.05) is 18.5 Å². The minimum atomic E-state index is -0.649. The van der Waals surface area contributed by atoms with Crippen LogP contribution in [0.2, 0.25) is 0 Å². The third-order valence-corrected chi connectivity index (χ3v) is 5.82. The van der Waals surface area contributed by atoms with Crippen molar-refractivity contribution in [1.82, 2.24) is 24.2 Å². The fraction of sp³-hybridized carbons (Fsp3) is 0.263. The van der Waals surface area contributed by atoms with E-state index >= 15 is 0 Å². The van der Waals surface area contributed by atoms with Crippen LogP contribution in [-0.2, 0) is 23.2 Å². The number of nitrogens with zero attached hydrogens (tertiary/aromatic N) is 6. The van der Waals surface area contributed by atoms with Gasteiger partial charge < -0.3 is 10.2 Å². The predicted molar refractivity (Wildman–Crippen MR) is 111 cm³/mol. The van der Waals surface area contributed by atoms with Crippen molar-refractivity contribution in [3.05, 3.63) is 52.7 Å². The SMILES string of the molecule is Cn1ncc2c(=O)n(CC(=O)N3CSCC3C(=O)Nc3ccc(C#N)cc3)cnc21. The molecule has 1 fully saturated rings. The second-order valence-electron chi connectivity index (χ2n) is 6.74. The number of carbonyl (C=O) groups is 2. The van der Waals surface area contributed by atoms with E-state index in [1.54, 1.807) is 31.3 Å². The van der Waals surface area contributed by atoms with Gasteiger partial charge in [-0.25, -0.2) is 4.98 Å². The van der Waals surface area contributed by atoms with Crippen molar-refractivity contribution in [1.29, 1.82) is 5.26 Å². The molecule has 1 aromatic carbocycles. The van der Waals surface area contributed by atoms with Crippen LogP contribution < -0.4 is 10.9 Å². The van der Waals surface area contributed by atoms with Gasteiger partial charge in [0.15, 0.2) is 5.65 Å². The number of aryl methyl sites for hydroxylation is 1. The summed E-state index contributed by atoms with van der Waals surface area (Å²) in [4.78, 5) is 43.8. The lowest BCUT2D eigenvalue weighted by atomic mass is 10.2. The standard InChI is InChI=1S/C19H17N7O3S/c1-24-17-14(7-22-24)19(29)25(10-21-17)8-16(27)26-11-30-9-15(26)18(28)23-13-4-2-12(6-20)3-5-13/h2-5,7,10,15H,8-9,11H2,1H3,(H,23,28). The Kier molecular flexibility index (Phi) is 5.24. The summed E-state index contributed by atoms with van der Waals surface area (Å²) in [5.41, 5.74) is 1.13. The molecule has 1 unspecified atom stereocenters. The van der Waals surface area contributed by atoms with Gasteiger partial charge in [-0.15, -0.1) is 11.8 Å². The number of carbonyl (C=O) groups excluding carboxylic acids is 2. The van der Waals surface area contributed by atoms with Crippen LogP contribution >= 0.6 is 11.8 Å². The number of aromatic nitrogens is 4. The number of rotatable bonds is 4. The minimum absolute atomic E-state index is 0.210. The summed E-state index contributed by atoms with van der Waals surface area (Å²) in [6, 6.07) is 7.86. The van der Waals surface area contributed by atoms with E-state index in [1.807, 2.05) is 6.07 Å². The second-order valence-corrected chi connectivity index (χ2v) is 7.74. The molecule has 1 aliphatic heterocycles. The summed E-state index contributed by atoms with van der Waals surface area (Å²) < 4.78 is 2.72. The van der Waals surface area contributed by atoms with Crippen LogP contribution in [0.4, 0.5) is 5.69 Å². The summed E-state index contributed by atoms with van der Waals surface area (Å²) in [5, 5.41) is 16.0. The Labute approximate surface area is 175 Å². The van der Waals surface area contributed by atoms with Crippen molar-refractivity contribution in [2.45, 2.75) is 12.6 Å². The van der Waals surface area contributed by atoms with E-state index in [0.29, 0.717) is 33.9 Å². The van der Waals surface area contributed by atoms with Gasteiger partial charge in [0.1, 0.15) is 24.3 Å². The molecule has 11 heteroatoms. The molecule has 1 atom stereocenters. The highest BCUT2D eigenvalue weighted by molar-refractivity contribution is 7.99. The number of amides is 2. The Bertz CT molecular complexity index is 1230. The third-order valence-electron chi connectivity index (χ3n) is 4.81. The molecule has 1 aliphatic rings. The largest absolute Gasteiger partial charge is 0.324 e. The van der Waals surface area contributed by atoms with Crippen LogP contribution in [0.5, 0.6) is 0 Å². The fourth-order valence-corrected chi connectivity index (χ4v) is 4.36. The van der Waals surface area contributed by atoms with Crippen LogP contribution in [0.3, 0.4) is 0 Å². The van der Waals surface area contributed by atoms with Crippen molar-refractivity contribution in [2.75, 3.05) is 16.9 Å². The topological polar surface area (TPSA) is 126 Å². The Hall–Kier alpha value is -3.65. The molecule has 0 spiro atoms. The first-order chi connectivity index (χ1) is 14.5.